The van der Waals surface area contributed by atoms with E-state index in [4.69, 9.17) is 22.4 Å². The Balaban J connectivity index is 2.95. The molecule has 6 heteroatoms. The molecule has 13 heavy (non-hydrogen) atoms. The van der Waals surface area contributed by atoms with Gasteiger partial charge in [0.25, 0.3) is 0 Å². The molecule has 0 spiro atoms. The first-order valence-electron chi connectivity index (χ1n) is 3.29. The summed E-state index contributed by atoms with van der Waals surface area (Å²) in [7, 11) is 0. The van der Waals surface area contributed by atoms with E-state index in [2.05, 4.69) is 9.97 Å². The fraction of sp³-hybridized carbons (Fsp3) is 0. The van der Waals surface area contributed by atoms with Gasteiger partial charge in [0.1, 0.15) is 5.15 Å². The first-order chi connectivity index (χ1) is 6.08. The lowest BCUT2D eigenvalue weighted by Gasteiger charge is -1.95. The van der Waals surface area contributed by atoms with E-state index in [0.717, 1.165) is 6.08 Å². The standard InChI is InChI=1S/C7H6ClN3O2/c8-5-3-4(1-2-6(12)13)10-7(9)11-5/h1-3H,(H,12,13)(H2,9,10,11)/b2-1+. The molecule has 0 saturated heterocycles. The summed E-state index contributed by atoms with van der Waals surface area (Å²) in [5.41, 5.74) is 5.64. The zero-order valence-electron chi connectivity index (χ0n) is 6.44. The molecule has 0 atom stereocenters. The summed E-state index contributed by atoms with van der Waals surface area (Å²) < 4.78 is 0. The molecule has 68 valence electrons. The molecular weight excluding hydrogens is 194 g/mol. The van der Waals surface area contributed by atoms with Crippen LogP contribution in [0.15, 0.2) is 12.1 Å². The molecule has 0 aromatic carbocycles. The van der Waals surface area contributed by atoms with Crippen molar-refractivity contribution in [3.63, 3.8) is 0 Å². The van der Waals surface area contributed by atoms with E-state index >= 15 is 0 Å². The highest BCUT2D eigenvalue weighted by molar-refractivity contribution is 6.29. The second-order valence-electron chi connectivity index (χ2n) is 2.15. The highest BCUT2D eigenvalue weighted by atomic mass is 35.5. The molecule has 0 unspecified atom stereocenters. The van der Waals surface area contributed by atoms with Gasteiger partial charge in [0, 0.05) is 12.1 Å². The van der Waals surface area contributed by atoms with Gasteiger partial charge in [-0.2, -0.15) is 0 Å². The minimum Gasteiger partial charge on any atom is -0.478 e. The van der Waals surface area contributed by atoms with Gasteiger partial charge in [-0.25, -0.2) is 14.8 Å². The number of carbonyl (C=O) groups is 1. The SMILES string of the molecule is Nc1nc(Cl)cc(/C=C/C(=O)O)n1. The first-order valence-corrected chi connectivity index (χ1v) is 3.67. The van der Waals surface area contributed by atoms with Gasteiger partial charge in [0.05, 0.1) is 5.69 Å². The van der Waals surface area contributed by atoms with E-state index in [1.54, 1.807) is 0 Å². The van der Waals surface area contributed by atoms with E-state index in [9.17, 15) is 4.79 Å². The van der Waals surface area contributed by atoms with Crippen molar-refractivity contribution in [1.29, 1.82) is 0 Å². The van der Waals surface area contributed by atoms with Crippen molar-refractivity contribution in [1.82, 2.24) is 9.97 Å². The van der Waals surface area contributed by atoms with Gasteiger partial charge in [0.15, 0.2) is 0 Å². The Morgan fingerprint density at radius 1 is 1.62 bits per heavy atom. The van der Waals surface area contributed by atoms with E-state index in [1.807, 2.05) is 0 Å². The highest BCUT2D eigenvalue weighted by Gasteiger charge is 1.97. The van der Waals surface area contributed by atoms with E-state index < -0.39 is 5.97 Å². The number of nitrogen functional groups attached to an aromatic ring is 1. The van der Waals surface area contributed by atoms with Gasteiger partial charge >= 0.3 is 5.97 Å². The minimum absolute atomic E-state index is 0.0116. The molecule has 0 fully saturated rings. The summed E-state index contributed by atoms with van der Waals surface area (Å²) in [6.45, 7) is 0. The molecule has 3 N–H and O–H groups in total. The van der Waals surface area contributed by atoms with Gasteiger partial charge < -0.3 is 10.8 Å². The summed E-state index contributed by atoms with van der Waals surface area (Å²) in [6.07, 6.45) is 2.23. The number of halogens is 1. The van der Waals surface area contributed by atoms with Crippen LogP contribution >= 0.6 is 11.6 Å². The van der Waals surface area contributed by atoms with Crippen molar-refractivity contribution in [3.05, 3.63) is 23.0 Å². The van der Waals surface area contributed by atoms with Crippen molar-refractivity contribution in [2.24, 2.45) is 0 Å². The molecule has 0 aliphatic carbocycles. The number of anilines is 1. The molecule has 0 bridgehead atoms. The number of carboxylic acid groups (broad SMARTS) is 1. The van der Waals surface area contributed by atoms with E-state index in [-0.39, 0.29) is 11.1 Å². The first kappa shape index (κ1) is 9.47. The molecule has 0 aliphatic heterocycles. The van der Waals surface area contributed by atoms with Crippen molar-refractivity contribution < 1.29 is 9.90 Å². The quantitative estimate of drug-likeness (QED) is 0.544. The van der Waals surface area contributed by atoms with Gasteiger partial charge in [0.2, 0.25) is 5.95 Å². The molecule has 1 aromatic heterocycles. The zero-order chi connectivity index (χ0) is 9.84. The third-order valence-corrected chi connectivity index (χ3v) is 1.32. The molecule has 1 aromatic rings. The Labute approximate surface area is 78.9 Å². The van der Waals surface area contributed by atoms with Crippen LogP contribution in [0.25, 0.3) is 6.08 Å². The summed E-state index contributed by atoms with van der Waals surface area (Å²) >= 11 is 5.55. The summed E-state index contributed by atoms with van der Waals surface area (Å²) in [5, 5.41) is 8.50. The monoisotopic (exact) mass is 199 g/mol. The normalized spacial score (nSPS) is 10.5. The molecular formula is C7H6ClN3O2. The average molecular weight is 200 g/mol. The van der Waals surface area contributed by atoms with Crippen LogP contribution < -0.4 is 5.73 Å². The molecule has 0 amide bonds. The fourth-order valence-corrected chi connectivity index (χ4v) is 0.894. The van der Waals surface area contributed by atoms with Crippen LogP contribution in [0.2, 0.25) is 5.15 Å². The number of carboxylic acids is 1. The fourth-order valence-electron chi connectivity index (χ4n) is 0.695. The second kappa shape index (κ2) is 3.86. The minimum atomic E-state index is -1.06. The number of aromatic nitrogens is 2. The zero-order valence-corrected chi connectivity index (χ0v) is 7.19. The smallest absolute Gasteiger partial charge is 0.328 e. The number of nitrogens with zero attached hydrogens (tertiary/aromatic N) is 2. The Hall–Kier alpha value is -1.62. The van der Waals surface area contributed by atoms with Crippen molar-refractivity contribution in [2.45, 2.75) is 0 Å². The van der Waals surface area contributed by atoms with Gasteiger partial charge in [-0.1, -0.05) is 11.6 Å². The Kier molecular flexibility index (Phi) is 2.81. The maximum atomic E-state index is 10.1. The van der Waals surface area contributed by atoms with Crippen LogP contribution in [0.3, 0.4) is 0 Å². The summed E-state index contributed by atoms with van der Waals surface area (Å²) in [5.74, 6) is -1.05. The molecule has 1 rings (SSSR count). The van der Waals surface area contributed by atoms with Gasteiger partial charge in [-0.05, 0) is 6.08 Å². The Morgan fingerprint density at radius 3 is 2.85 bits per heavy atom. The topological polar surface area (TPSA) is 89.1 Å². The number of hydrogen-bond acceptors (Lipinski definition) is 4. The molecule has 1 heterocycles. The lowest BCUT2D eigenvalue weighted by Crippen LogP contribution is -1.96. The predicted octanol–water partition coefficient (Wildman–Crippen LogP) is 0.810. The third-order valence-electron chi connectivity index (χ3n) is 1.13. The number of hydrogen-bond donors (Lipinski definition) is 2. The Bertz CT molecular complexity index is 345. The van der Waals surface area contributed by atoms with Crippen LogP contribution in [-0.4, -0.2) is 21.0 Å². The van der Waals surface area contributed by atoms with Crippen LogP contribution in [0.4, 0.5) is 5.95 Å². The lowest BCUT2D eigenvalue weighted by molar-refractivity contribution is -0.131. The number of aliphatic carboxylic acids is 1. The predicted molar refractivity (Wildman–Crippen MR) is 48.1 cm³/mol. The summed E-state index contributed by atoms with van der Waals surface area (Å²) in [6, 6.07) is 1.41. The van der Waals surface area contributed by atoms with Gasteiger partial charge in [-0.3, -0.25) is 0 Å². The Morgan fingerprint density at radius 2 is 2.31 bits per heavy atom. The maximum absolute atomic E-state index is 10.1. The van der Waals surface area contributed by atoms with Crippen molar-refractivity contribution in [2.75, 3.05) is 5.73 Å². The average Bonchev–Trinajstić information content (AvgIpc) is 1.99. The molecule has 5 nitrogen and oxygen atoms in total. The summed E-state index contributed by atoms with van der Waals surface area (Å²) in [4.78, 5) is 17.5. The van der Waals surface area contributed by atoms with Gasteiger partial charge in [-0.15, -0.1) is 0 Å². The number of rotatable bonds is 2. The van der Waals surface area contributed by atoms with Crippen LogP contribution in [0.1, 0.15) is 5.69 Å². The molecule has 0 radical (unpaired) electrons. The van der Waals surface area contributed by atoms with Crippen LogP contribution in [-0.2, 0) is 4.79 Å². The van der Waals surface area contributed by atoms with Crippen molar-refractivity contribution >= 4 is 29.6 Å². The van der Waals surface area contributed by atoms with E-state index in [1.165, 1.54) is 12.1 Å². The van der Waals surface area contributed by atoms with E-state index in [0.29, 0.717) is 5.69 Å². The second-order valence-corrected chi connectivity index (χ2v) is 2.53. The molecule has 0 saturated carbocycles. The largest absolute Gasteiger partial charge is 0.478 e. The maximum Gasteiger partial charge on any atom is 0.328 e. The highest BCUT2D eigenvalue weighted by Crippen LogP contribution is 2.09. The number of nitrogens with two attached hydrogens (primary N) is 1. The van der Waals surface area contributed by atoms with Crippen LogP contribution in [0, 0.1) is 0 Å². The van der Waals surface area contributed by atoms with Crippen LogP contribution in [0.5, 0.6) is 0 Å². The molecule has 0 aliphatic rings. The van der Waals surface area contributed by atoms with Crippen molar-refractivity contribution in [3.8, 4) is 0 Å². The lowest BCUT2D eigenvalue weighted by atomic mass is 10.3. The third kappa shape index (κ3) is 3.08.